The molecule has 5 rings (SSSR count). The van der Waals surface area contributed by atoms with Crippen LogP contribution in [-0.2, 0) is 0 Å². The molecule has 0 aliphatic rings. The summed E-state index contributed by atoms with van der Waals surface area (Å²) in [6.45, 7) is 6.14. The largest absolute Gasteiger partial charge is 0.497 e. The molecule has 0 saturated carbocycles. The summed E-state index contributed by atoms with van der Waals surface area (Å²) in [5.41, 5.74) is 5.19. The first kappa shape index (κ1) is 22.9. The van der Waals surface area contributed by atoms with E-state index < -0.39 is 0 Å². The van der Waals surface area contributed by atoms with Crippen LogP contribution in [0.4, 0.5) is 0 Å². The second kappa shape index (κ2) is 9.76. The molecule has 0 bridgehead atoms. The van der Waals surface area contributed by atoms with E-state index in [0.29, 0.717) is 11.8 Å². The van der Waals surface area contributed by atoms with E-state index in [0.717, 1.165) is 33.5 Å². The maximum absolute atomic E-state index is 6.01. The number of aromatic nitrogens is 5. The monoisotopic (exact) mass is 483 g/mol. The first-order valence-electron chi connectivity index (χ1n) is 11.3. The van der Waals surface area contributed by atoms with Crippen LogP contribution in [0.3, 0.4) is 0 Å². The number of rotatable bonds is 7. The predicted octanol–water partition coefficient (Wildman–Crippen LogP) is 6.46. The van der Waals surface area contributed by atoms with Crippen LogP contribution in [0.5, 0.6) is 5.75 Å². The Labute approximate surface area is 208 Å². The Bertz CT molecular complexity index is 1420. The van der Waals surface area contributed by atoms with Crippen LogP contribution in [0.2, 0.25) is 0 Å². The summed E-state index contributed by atoms with van der Waals surface area (Å²) in [5.74, 6) is 2.58. The summed E-state index contributed by atoms with van der Waals surface area (Å²) >= 11 is 1.52. The van der Waals surface area contributed by atoms with Crippen LogP contribution in [0.1, 0.15) is 29.2 Å². The highest BCUT2D eigenvalue weighted by Crippen LogP contribution is 2.37. The summed E-state index contributed by atoms with van der Waals surface area (Å²) in [5, 5.41) is 18.2. The lowest BCUT2D eigenvalue weighted by Gasteiger charge is -2.12. The predicted molar refractivity (Wildman–Crippen MR) is 137 cm³/mol. The van der Waals surface area contributed by atoms with Crippen LogP contribution in [-0.4, -0.2) is 32.1 Å². The molecule has 0 amide bonds. The highest BCUT2D eigenvalue weighted by atomic mass is 32.2. The maximum atomic E-state index is 6.01. The third-order valence-electron chi connectivity index (χ3n) is 5.64. The van der Waals surface area contributed by atoms with Gasteiger partial charge in [0.25, 0.3) is 0 Å². The Kier molecular flexibility index (Phi) is 6.37. The quantitative estimate of drug-likeness (QED) is 0.246. The van der Waals surface area contributed by atoms with Crippen molar-refractivity contribution in [2.75, 3.05) is 7.11 Å². The smallest absolute Gasteiger partial charge is 0.247 e. The van der Waals surface area contributed by atoms with Gasteiger partial charge < -0.3 is 9.15 Å². The van der Waals surface area contributed by atoms with Gasteiger partial charge in [-0.05, 0) is 69.3 Å². The third-order valence-corrected chi connectivity index (χ3v) is 6.67. The highest BCUT2D eigenvalue weighted by molar-refractivity contribution is 7.99. The number of aryl methyl sites for hydroxylation is 2. The second-order valence-electron chi connectivity index (χ2n) is 8.28. The molecular formula is C27H25N5O2S. The topological polar surface area (TPSA) is 78.9 Å². The van der Waals surface area contributed by atoms with Gasteiger partial charge in [-0.3, -0.25) is 4.57 Å². The molecule has 0 radical (unpaired) electrons. The zero-order chi connectivity index (χ0) is 24.4. The highest BCUT2D eigenvalue weighted by Gasteiger charge is 2.22. The van der Waals surface area contributed by atoms with Gasteiger partial charge >= 0.3 is 0 Å². The number of ether oxygens (including phenoxy) is 1. The van der Waals surface area contributed by atoms with Gasteiger partial charge in [0.2, 0.25) is 11.8 Å². The lowest BCUT2D eigenvalue weighted by Crippen LogP contribution is -2.01. The molecule has 176 valence electrons. The Morgan fingerprint density at radius 3 is 2.06 bits per heavy atom. The molecule has 0 spiro atoms. The Hall–Kier alpha value is -3.91. The van der Waals surface area contributed by atoms with Crippen molar-refractivity contribution in [1.29, 1.82) is 0 Å². The maximum Gasteiger partial charge on any atom is 0.247 e. The molecule has 5 aromatic rings. The minimum Gasteiger partial charge on any atom is -0.497 e. The fourth-order valence-corrected chi connectivity index (χ4v) is 4.52. The number of hydrogen-bond donors (Lipinski definition) is 0. The van der Waals surface area contributed by atoms with Crippen LogP contribution in [0.15, 0.2) is 82.4 Å². The summed E-state index contributed by atoms with van der Waals surface area (Å²) in [6.07, 6.45) is 0. The van der Waals surface area contributed by atoms with Crippen molar-refractivity contribution in [2.24, 2.45) is 0 Å². The molecule has 3 aromatic carbocycles. The molecule has 0 aliphatic carbocycles. The van der Waals surface area contributed by atoms with E-state index in [1.54, 1.807) is 7.11 Å². The van der Waals surface area contributed by atoms with Crippen LogP contribution < -0.4 is 4.74 Å². The van der Waals surface area contributed by atoms with Gasteiger partial charge in [0.1, 0.15) is 5.75 Å². The standard InChI is InChI=1S/C27H25N5O2S/c1-17-5-9-21(10-6-17)26-30-29-25(34-26)19(3)35-27-31-28-24(20-11-15-23(33-4)16-12-20)32(27)22-13-7-18(2)8-14-22/h5-16,19H,1-4H3. The van der Waals surface area contributed by atoms with Crippen molar-refractivity contribution < 1.29 is 9.15 Å². The van der Waals surface area contributed by atoms with E-state index in [9.17, 15) is 0 Å². The van der Waals surface area contributed by atoms with Crippen LogP contribution in [0, 0.1) is 13.8 Å². The summed E-state index contributed by atoms with van der Waals surface area (Å²) < 4.78 is 13.4. The van der Waals surface area contributed by atoms with Gasteiger partial charge in [-0.25, -0.2) is 0 Å². The Morgan fingerprint density at radius 2 is 1.40 bits per heavy atom. The van der Waals surface area contributed by atoms with Gasteiger partial charge in [0.15, 0.2) is 11.0 Å². The zero-order valence-electron chi connectivity index (χ0n) is 20.0. The van der Waals surface area contributed by atoms with Crippen molar-refractivity contribution in [3.8, 4) is 34.3 Å². The minimum atomic E-state index is -0.126. The molecule has 8 heteroatoms. The molecule has 35 heavy (non-hydrogen) atoms. The molecule has 1 atom stereocenters. The molecule has 0 saturated heterocycles. The van der Waals surface area contributed by atoms with Gasteiger partial charge in [-0.15, -0.1) is 20.4 Å². The van der Waals surface area contributed by atoms with E-state index in [-0.39, 0.29) is 5.25 Å². The Morgan fingerprint density at radius 1 is 0.771 bits per heavy atom. The fraction of sp³-hybridized carbons (Fsp3) is 0.185. The molecule has 0 aliphatic heterocycles. The van der Waals surface area contributed by atoms with Gasteiger partial charge in [0.05, 0.1) is 12.4 Å². The van der Waals surface area contributed by atoms with Gasteiger partial charge in [-0.2, -0.15) is 0 Å². The molecule has 0 fully saturated rings. The van der Waals surface area contributed by atoms with Crippen molar-refractivity contribution >= 4 is 11.8 Å². The first-order valence-corrected chi connectivity index (χ1v) is 12.1. The number of benzene rings is 3. The SMILES string of the molecule is COc1ccc(-c2nnc(SC(C)c3nnc(-c4ccc(C)cc4)o3)n2-c2ccc(C)cc2)cc1. The molecule has 0 N–H and O–H groups in total. The van der Waals surface area contributed by atoms with E-state index in [4.69, 9.17) is 9.15 Å². The summed E-state index contributed by atoms with van der Waals surface area (Å²) in [6, 6.07) is 24.1. The van der Waals surface area contributed by atoms with Crippen LogP contribution in [0.25, 0.3) is 28.5 Å². The van der Waals surface area contributed by atoms with Crippen LogP contribution >= 0.6 is 11.8 Å². The molecule has 2 heterocycles. The summed E-state index contributed by atoms with van der Waals surface area (Å²) in [4.78, 5) is 0. The van der Waals surface area contributed by atoms with E-state index in [2.05, 4.69) is 56.2 Å². The average Bonchev–Trinajstić information content (AvgIpc) is 3.53. The van der Waals surface area contributed by atoms with Gasteiger partial charge in [0, 0.05) is 16.8 Å². The molecule has 1 unspecified atom stereocenters. The first-order chi connectivity index (χ1) is 17.0. The van der Waals surface area contributed by atoms with Crippen molar-refractivity contribution in [1.82, 2.24) is 25.0 Å². The number of nitrogens with zero attached hydrogens (tertiary/aromatic N) is 5. The van der Waals surface area contributed by atoms with Gasteiger partial charge in [-0.1, -0.05) is 47.2 Å². The van der Waals surface area contributed by atoms with Crippen molar-refractivity contribution in [3.05, 3.63) is 89.8 Å². The average molecular weight is 484 g/mol. The fourth-order valence-electron chi connectivity index (χ4n) is 3.62. The Balaban J connectivity index is 1.48. The van der Waals surface area contributed by atoms with E-state index >= 15 is 0 Å². The molecule has 7 nitrogen and oxygen atoms in total. The van der Waals surface area contributed by atoms with E-state index in [1.807, 2.05) is 62.4 Å². The zero-order valence-corrected chi connectivity index (χ0v) is 20.8. The van der Waals surface area contributed by atoms with E-state index in [1.165, 1.54) is 22.9 Å². The number of thioether (sulfide) groups is 1. The molecule has 2 aromatic heterocycles. The van der Waals surface area contributed by atoms with Crippen molar-refractivity contribution in [2.45, 2.75) is 31.2 Å². The minimum absolute atomic E-state index is 0.126. The normalized spacial score (nSPS) is 12.0. The lowest BCUT2D eigenvalue weighted by atomic mass is 10.1. The number of hydrogen-bond acceptors (Lipinski definition) is 7. The van der Waals surface area contributed by atoms with Crippen molar-refractivity contribution in [3.63, 3.8) is 0 Å². The third kappa shape index (κ3) is 4.83. The number of methoxy groups -OCH3 is 1. The summed E-state index contributed by atoms with van der Waals surface area (Å²) in [7, 11) is 1.65. The second-order valence-corrected chi connectivity index (χ2v) is 9.59. The lowest BCUT2D eigenvalue weighted by molar-refractivity contribution is 0.415. The molecular weight excluding hydrogens is 458 g/mol.